The fourth-order valence-electron chi connectivity index (χ4n) is 4.44. The molecule has 0 radical (unpaired) electrons. The number of aliphatic hydroxyl groups excluding tert-OH is 2. The van der Waals surface area contributed by atoms with Gasteiger partial charge in [-0.15, -0.1) is 0 Å². The zero-order chi connectivity index (χ0) is 21.8. The molecule has 7 nitrogen and oxygen atoms in total. The van der Waals surface area contributed by atoms with Gasteiger partial charge in [0.1, 0.15) is 18.0 Å². The van der Waals surface area contributed by atoms with Crippen LogP contribution < -0.4 is 10.2 Å². The van der Waals surface area contributed by atoms with Crippen LogP contribution in [0.25, 0.3) is 0 Å². The Balaban J connectivity index is 1.39. The maximum Gasteiger partial charge on any atom is 0.251 e. The lowest BCUT2D eigenvalue weighted by Gasteiger charge is -2.41. The van der Waals surface area contributed by atoms with E-state index < -0.39 is 30.0 Å². The number of amides is 1. The number of aliphatic hydroxyl groups is 2. The van der Waals surface area contributed by atoms with Crippen molar-refractivity contribution in [1.82, 2.24) is 10.2 Å². The van der Waals surface area contributed by atoms with Crippen LogP contribution in [0.15, 0.2) is 54.6 Å². The zero-order valence-electron chi connectivity index (χ0n) is 17.2. The molecule has 0 saturated carbocycles. The number of benzene rings is 2. The summed E-state index contributed by atoms with van der Waals surface area (Å²) in [6.07, 6.45) is -2.04. The number of carbonyl (C=O) groups excluding carboxylic acids is 1. The largest absolute Gasteiger partial charge is 0.394 e. The molecule has 3 N–H and O–H groups in total. The van der Waals surface area contributed by atoms with E-state index in [0.29, 0.717) is 0 Å². The van der Waals surface area contributed by atoms with Crippen molar-refractivity contribution >= 4 is 11.6 Å². The molecular weight excluding hydrogens is 401 g/mol. The first-order valence-corrected chi connectivity index (χ1v) is 10.6. The number of hydrogen-bond donors (Lipinski definition) is 3. The number of para-hydroxylation sites is 1. The van der Waals surface area contributed by atoms with Crippen molar-refractivity contribution in [2.24, 2.45) is 0 Å². The van der Waals surface area contributed by atoms with E-state index in [4.69, 9.17) is 4.74 Å². The highest BCUT2D eigenvalue weighted by Crippen LogP contribution is 2.27. The third kappa shape index (κ3) is 4.88. The van der Waals surface area contributed by atoms with Crippen molar-refractivity contribution in [2.75, 3.05) is 44.2 Å². The van der Waals surface area contributed by atoms with Gasteiger partial charge < -0.3 is 25.2 Å². The average molecular weight is 429 g/mol. The zero-order valence-corrected chi connectivity index (χ0v) is 17.2. The highest BCUT2D eigenvalue weighted by Gasteiger charge is 2.46. The van der Waals surface area contributed by atoms with Gasteiger partial charge in [0, 0.05) is 44.0 Å². The smallest absolute Gasteiger partial charge is 0.251 e. The topological polar surface area (TPSA) is 85.3 Å². The lowest BCUT2D eigenvalue weighted by atomic mass is 10.0. The molecule has 8 heteroatoms. The molecule has 2 aliphatic rings. The summed E-state index contributed by atoms with van der Waals surface area (Å²) < 4.78 is 19.3. The Labute approximate surface area is 181 Å². The predicted octanol–water partition coefficient (Wildman–Crippen LogP) is 0.867. The summed E-state index contributed by atoms with van der Waals surface area (Å²) in [5, 5.41) is 23.2. The van der Waals surface area contributed by atoms with Gasteiger partial charge in [0.15, 0.2) is 0 Å². The van der Waals surface area contributed by atoms with Crippen molar-refractivity contribution in [3.05, 3.63) is 66.0 Å². The first kappa shape index (κ1) is 21.7. The lowest BCUT2D eigenvalue weighted by Crippen LogP contribution is -2.57. The summed E-state index contributed by atoms with van der Waals surface area (Å²) >= 11 is 0. The van der Waals surface area contributed by atoms with E-state index >= 15 is 0 Å². The number of nitrogens with zero attached hydrogens (tertiary/aromatic N) is 2. The monoisotopic (exact) mass is 429 g/mol. The van der Waals surface area contributed by atoms with Gasteiger partial charge in [-0.25, -0.2) is 4.39 Å². The van der Waals surface area contributed by atoms with Crippen LogP contribution >= 0.6 is 0 Å². The SMILES string of the molecule is O=C(NC[C@H]1O[C@@H](CO)[C@@H](O)[C@@H]1N1CCN(c2ccccc2)CC1)c1cccc(F)c1. The van der Waals surface area contributed by atoms with E-state index in [1.54, 1.807) is 6.07 Å². The lowest BCUT2D eigenvalue weighted by molar-refractivity contribution is -0.0209. The van der Waals surface area contributed by atoms with E-state index in [-0.39, 0.29) is 24.8 Å². The molecule has 0 aliphatic carbocycles. The van der Waals surface area contributed by atoms with E-state index in [1.165, 1.54) is 18.2 Å². The van der Waals surface area contributed by atoms with Gasteiger partial charge in [-0.2, -0.15) is 0 Å². The number of rotatable bonds is 6. The van der Waals surface area contributed by atoms with Crippen LogP contribution in [0.2, 0.25) is 0 Å². The second kappa shape index (κ2) is 9.74. The number of ether oxygens (including phenoxy) is 1. The summed E-state index contributed by atoms with van der Waals surface area (Å²) in [5.41, 5.74) is 1.39. The van der Waals surface area contributed by atoms with E-state index in [1.807, 2.05) is 18.2 Å². The molecular formula is C23H28FN3O4. The van der Waals surface area contributed by atoms with E-state index in [2.05, 4.69) is 27.2 Å². The van der Waals surface area contributed by atoms with Crippen LogP contribution in [0.5, 0.6) is 0 Å². The van der Waals surface area contributed by atoms with Crippen LogP contribution in [-0.2, 0) is 4.74 Å². The normalized spacial score (nSPS) is 26.7. The molecule has 2 fully saturated rings. The van der Waals surface area contributed by atoms with Crippen molar-refractivity contribution in [1.29, 1.82) is 0 Å². The molecule has 2 aromatic rings. The quantitative estimate of drug-likeness (QED) is 0.632. The molecule has 0 spiro atoms. The van der Waals surface area contributed by atoms with Gasteiger partial charge in [-0.3, -0.25) is 9.69 Å². The van der Waals surface area contributed by atoms with Gasteiger partial charge in [-0.1, -0.05) is 24.3 Å². The summed E-state index contributed by atoms with van der Waals surface area (Å²) in [6.45, 7) is 2.93. The van der Waals surface area contributed by atoms with Crippen molar-refractivity contribution in [3.63, 3.8) is 0 Å². The first-order chi connectivity index (χ1) is 15.1. The fourth-order valence-corrected chi connectivity index (χ4v) is 4.44. The fraction of sp³-hybridized carbons (Fsp3) is 0.435. The Morgan fingerprint density at radius 3 is 2.48 bits per heavy atom. The standard InChI is InChI=1S/C23H28FN3O4/c24-17-6-4-5-16(13-17)23(30)25-14-19-21(22(29)20(15-28)31-19)27-11-9-26(10-12-27)18-7-2-1-3-8-18/h1-8,13,19-22,28-29H,9-12,14-15H2,(H,25,30)/t19-,20+,21-,22-/m1/s1. The Hall–Kier alpha value is -2.52. The summed E-state index contributed by atoms with van der Waals surface area (Å²) in [7, 11) is 0. The second-order valence-corrected chi connectivity index (χ2v) is 7.96. The Morgan fingerprint density at radius 2 is 1.81 bits per heavy atom. The number of hydrogen-bond acceptors (Lipinski definition) is 6. The molecule has 0 bridgehead atoms. The van der Waals surface area contributed by atoms with Crippen molar-refractivity contribution in [2.45, 2.75) is 24.4 Å². The molecule has 31 heavy (non-hydrogen) atoms. The van der Waals surface area contributed by atoms with Crippen molar-refractivity contribution in [3.8, 4) is 0 Å². The third-order valence-electron chi connectivity index (χ3n) is 6.05. The molecule has 4 rings (SSSR count). The van der Waals surface area contributed by atoms with Gasteiger partial charge in [-0.05, 0) is 30.3 Å². The number of anilines is 1. The Morgan fingerprint density at radius 1 is 1.06 bits per heavy atom. The minimum atomic E-state index is -0.857. The molecule has 2 aliphatic heterocycles. The summed E-state index contributed by atoms with van der Waals surface area (Å²) in [6, 6.07) is 15.3. The molecule has 4 atom stereocenters. The van der Waals surface area contributed by atoms with Gasteiger partial charge >= 0.3 is 0 Å². The number of carbonyl (C=O) groups is 1. The molecule has 2 heterocycles. The summed E-state index contributed by atoms with van der Waals surface area (Å²) in [4.78, 5) is 16.9. The number of piperazine rings is 1. The molecule has 1 amide bonds. The van der Waals surface area contributed by atoms with Crippen molar-refractivity contribution < 1.29 is 24.1 Å². The predicted molar refractivity (Wildman–Crippen MR) is 115 cm³/mol. The first-order valence-electron chi connectivity index (χ1n) is 10.6. The number of halogens is 1. The Bertz CT molecular complexity index is 876. The molecule has 2 saturated heterocycles. The van der Waals surface area contributed by atoms with Crippen LogP contribution in [-0.4, -0.2) is 84.7 Å². The maximum atomic E-state index is 13.4. The Kier molecular flexibility index (Phi) is 6.82. The van der Waals surface area contributed by atoms with Gasteiger partial charge in [0.25, 0.3) is 5.91 Å². The van der Waals surface area contributed by atoms with E-state index in [9.17, 15) is 19.4 Å². The van der Waals surface area contributed by atoms with Gasteiger partial charge in [0.2, 0.25) is 0 Å². The molecule has 0 unspecified atom stereocenters. The van der Waals surface area contributed by atoms with Gasteiger partial charge in [0.05, 0.1) is 18.8 Å². The molecule has 0 aromatic heterocycles. The van der Waals surface area contributed by atoms with Crippen LogP contribution in [0.4, 0.5) is 10.1 Å². The summed E-state index contributed by atoms with van der Waals surface area (Å²) in [5.74, 6) is -0.882. The highest BCUT2D eigenvalue weighted by atomic mass is 19.1. The highest BCUT2D eigenvalue weighted by molar-refractivity contribution is 5.94. The molecule has 166 valence electrons. The molecule has 2 aromatic carbocycles. The minimum Gasteiger partial charge on any atom is -0.394 e. The minimum absolute atomic E-state index is 0.159. The van der Waals surface area contributed by atoms with Crippen LogP contribution in [0, 0.1) is 5.82 Å². The van der Waals surface area contributed by atoms with Crippen LogP contribution in [0.3, 0.4) is 0 Å². The maximum absolute atomic E-state index is 13.4. The van der Waals surface area contributed by atoms with E-state index in [0.717, 1.165) is 31.9 Å². The third-order valence-corrected chi connectivity index (χ3v) is 6.05. The number of nitrogens with one attached hydrogen (secondary N) is 1. The second-order valence-electron chi connectivity index (χ2n) is 7.96. The van der Waals surface area contributed by atoms with Crippen LogP contribution in [0.1, 0.15) is 10.4 Å². The average Bonchev–Trinajstić information content (AvgIpc) is 3.13.